The summed E-state index contributed by atoms with van der Waals surface area (Å²) in [6.07, 6.45) is 2.99. The molecule has 9 heteroatoms. The van der Waals surface area contributed by atoms with Crippen LogP contribution in [-0.4, -0.2) is 55.9 Å². The Bertz CT molecular complexity index is 1160. The van der Waals surface area contributed by atoms with Crippen LogP contribution in [0.4, 0.5) is 0 Å². The fraction of sp³-hybridized carbons (Fsp3) is 0.409. The highest BCUT2D eigenvalue weighted by Crippen LogP contribution is 2.62. The van der Waals surface area contributed by atoms with E-state index in [4.69, 9.17) is 14.0 Å². The molecule has 0 bridgehead atoms. The van der Waals surface area contributed by atoms with Gasteiger partial charge in [0.1, 0.15) is 18.1 Å². The molecule has 0 radical (unpaired) electrons. The number of aryl methyl sites for hydroxylation is 2. The van der Waals surface area contributed by atoms with E-state index in [9.17, 15) is 4.79 Å². The SMILES string of the molecule is Cc1ccc(-c2noc(C)c2COc2ccc(C(=O)N3C[C@H]4OC[C@@H]5CC543)nn2)cn1. The predicted molar refractivity (Wildman–Crippen MR) is 107 cm³/mol. The first-order chi connectivity index (χ1) is 15.1. The normalized spacial score (nSPS) is 25.5. The fourth-order valence-corrected chi connectivity index (χ4v) is 4.71. The zero-order valence-corrected chi connectivity index (χ0v) is 17.2. The molecule has 3 aromatic heterocycles. The second-order valence-electron chi connectivity index (χ2n) is 8.43. The van der Waals surface area contributed by atoms with Crippen LogP contribution in [0.2, 0.25) is 0 Å². The molecule has 1 aliphatic carbocycles. The molecule has 2 saturated heterocycles. The van der Waals surface area contributed by atoms with Crippen molar-refractivity contribution in [1.29, 1.82) is 0 Å². The molecule has 3 atom stereocenters. The predicted octanol–water partition coefficient (Wildman–Crippen LogP) is 2.34. The molecule has 2 aliphatic heterocycles. The number of carbonyl (C=O) groups is 1. The smallest absolute Gasteiger partial charge is 0.275 e. The van der Waals surface area contributed by atoms with Crippen molar-refractivity contribution in [2.24, 2.45) is 5.92 Å². The van der Waals surface area contributed by atoms with E-state index in [1.54, 1.807) is 18.3 Å². The van der Waals surface area contributed by atoms with Crippen LogP contribution in [0.5, 0.6) is 5.88 Å². The third kappa shape index (κ3) is 2.76. The number of hydrogen-bond acceptors (Lipinski definition) is 8. The molecule has 9 nitrogen and oxygen atoms in total. The summed E-state index contributed by atoms with van der Waals surface area (Å²) in [5.74, 6) is 1.39. The minimum Gasteiger partial charge on any atom is -0.472 e. The van der Waals surface area contributed by atoms with Gasteiger partial charge in [0, 0.05) is 29.4 Å². The number of ether oxygens (including phenoxy) is 2. The third-order valence-corrected chi connectivity index (χ3v) is 6.67. The average molecular weight is 419 g/mol. The summed E-state index contributed by atoms with van der Waals surface area (Å²) in [6, 6.07) is 7.20. The molecule has 158 valence electrons. The summed E-state index contributed by atoms with van der Waals surface area (Å²) in [7, 11) is 0. The Morgan fingerprint density at radius 3 is 2.87 bits per heavy atom. The van der Waals surface area contributed by atoms with Gasteiger partial charge in [-0.1, -0.05) is 5.16 Å². The first kappa shape index (κ1) is 18.4. The van der Waals surface area contributed by atoms with Crippen molar-refractivity contribution in [2.75, 3.05) is 13.2 Å². The molecule has 1 saturated carbocycles. The van der Waals surface area contributed by atoms with Crippen LogP contribution in [0.15, 0.2) is 35.0 Å². The van der Waals surface area contributed by atoms with Gasteiger partial charge in [0.25, 0.3) is 5.91 Å². The maximum Gasteiger partial charge on any atom is 0.275 e. The minimum absolute atomic E-state index is 0.0685. The van der Waals surface area contributed by atoms with Gasteiger partial charge in [0.15, 0.2) is 5.69 Å². The van der Waals surface area contributed by atoms with E-state index in [-0.39, 0.29) is 24.2 Å². The van der Waals surface area contributed by atoms with E-state index >= 15 is 0 Å². The maximum absolute atomic E-state index is 12.8. The van der Waals surface area contributed by atoms with Gasteiger partial charge >= 0.3 is 0 Å². The van der Waals surface area contributed by atoms with Crippen molar-refractivity contribution >= 4 is 5.91 Å². The molecular weight excluding hydrogens is 398 g/mol. The number of rotatable bonds is 5. The fourth-order valence-electron chi connectivity index (χ4n) is 4.71. The van der Waals surface area contributed by atoms with E-state index in [1.165, 1.54) is 0 Å². The van der Waals surface area contributed by atoms with Crippen LogP contribution >= 0.6 is 0 Å². The zero-order chi connectivity index (χ0) is 21.2. The Morgan fingerprint density at radius 2 is 2.16 bits per heavy atom. The monoisotopic (exact) mass is 419 g/mol. The summed E-state index contributed by atoms with van der Waals surface area (Å²) in [6.45, 7) is 5.38. The van der Waals surface area contributed by atoms with Crippen molar-refractivity contribution in [3.05, 3.63) is 53.2 Å². The first-order valence-corrected chi connectivity index (χ1v) is 10.3. The molecule has 31 heavy (non-hydrogen) atoms. The highest BCUT2D eigenvalue weighted by molar-refractivity contribution is 5.94. The van der Waals surface area contributed by atoms with Crippen LogP contribution in [0.3, 0.4) is 0 Å². The Balaban J connectivity index is 1.14. The van der Waals surface area contributed by atoms with Gasteiger partial charge in [-0.3, -0.25) is 9.78 Å². The second-order valence-corrected chi connectivity index (χ2v) is 8.43. The highest BCUT2D eigenvalue weighted by atomic mass is 16.5. The van der Waals surface area contributed by atoms with Gasteiger partial charge in [0.2, 0.25) is 5.88 Å². The van der Waals surface area contributed by atoms with Gasteiger partial charge in [0.05, 0.1) is 30.4 Å². The summed E-state index contributed by atoms with van der Waals surface area (Å²) < 4.78 is 16.9. The van der Waals surface area contributed by atoms with Crippen LogP contribution in [0.25, 0.3) is 11.3 Å². The van der Waals surface area contributed by atoms with Crippen LogP contribution in [-0.2, 0) is 11.3 Å². The van der Waals surface area contributed by atoms with Crippen LogP contribution in [0, 0.1) is 19.8 Å². The molecule has 3 aliphatic rings. The van der Waals surface area contributed by atoms with E-state index in [2.05, 4.69) is 20.3 Å². The number of hydrogen-bond donors (Lipinski definition) is 0. The number of aromatic nitrogens is 4. The largest absolute Gasteiger partial charge is 0.472 e. The molecular formula is C22H21N5O4. The molecule has 1 amide bonds. The Hall–Kier alpha value is -3.33. The molecule has 1 unspecified atom stereocenters. The van der Waals surface area contributed by atoms with Crippen LogP contribution in [0.1, 0.15) is 33.9 Å². The topological polar surface area (TPSA) is 103 Å². The Morgan fingerprint density at radius 1 is 1.26 bits per heavy atom. The van der Waals surface area contributed by atoms with E-state index in [0.717, 1.165) is 29.8 Å². The lowest BCUT2D eigenvalue weighted by molar-refractivity contribution is -0.0598. The standard InChI is InChI=1S/C22H21N5O4/c1-12-3-4-14(8-23-12)20-16(13(2)31-26-20)11-30-19-6-5-17(24-25-19)21(28)27-9-18-22(27)7-15(22)10-29-18/h3-6,8,15,18H,7,9-11H2,1-2H3/t15-,18+,22?/m0/s1. The molecule has 0 N–H and O–H groups in total. The highest BCUT2D eigenvalue weighted by Gasteiger charge is 2.75. The summed E-state index contributed by atoms with van der Waals surface area (Å²) in [5, 5.41) is 12.3. The molecule has 3 fully saturated rings. The second kappa shape index (κ2) is 6.58. The number of likely N-dealkylation sites (tertiary alicyclic amines) is 1. The molecule has 1 spiro atoms. The lowest BCUT2D eigenvalue weighted by Crippen LogP contribution is -2.64. The van der Waals surface area contributed by atoms with E-state index in [1.807, 2.05) is 30.9 Å². The van der Waals surface area contributed by atoms with Crippen molar-refractivity contribution < 1.29 is 18.8 Å². The lowest BCUT2D eigenvalue weighted by Gasteiger charge is -2.46. The van der Waals surface area contributed by atoms with Crippen molar-refractivity contribution in [3.8, 4) is 17.1 Å². The molecule has 3 aromatic rings. The summed E-state index contributed by atoms with van der Waals surface area (Å²) in [5.41, 5.74) is 3.55. The molecule has 6 rings (SSSR count). The van der Waals surface area contributed by atoms with Gasteiger partial charge < -0.3 is 18.9 Å². The average Bonchev–Trinajstić information content (AvgIpc) is 3.35. The minimum atomic E-state index is -0.0904. The molecule has 5 heterocycles. The van der Waals surface area contributed by atoms with Crippen molar-refractivity contribution in [3.63, 3.8) is 0 Å². The van der Waals surface area contributed by atoms with E-state index < -0.39 is 0 Å². The number of nitrogens with zero attached hydrogens (tertiary/aromatic N) is 5. The van der Waals surface area contributed by atoms with E-state index in [0.29, 0.717) is 35.5 Å². The third-order valence-electron chi connectivity index (χ3n) is 6.67. The van der Waals surface area contributed by atoms with Gasteiger partial charge in [-0.15, -0.1) is 10.2 Å². The number of carbonyl (C=O) groups excluding carboxylic acids is 1. The van der Waals surface area contributed by atoms with Gasteiger partial charge in [-0.25, -0.2) is 0 Å². The van der Waals surface area contributed by atoms with Gasteiger partial charge in [-0.05, 0) is 38.5 Å². The van der Waals surface area contributed by atoms with Gasteiger partial charge in [-0.2, -0.15) is 0 Å². The Labute approximate surface area is 178 Å². The quantitative estimate of drug-likeness (QED) is 0.621. The van der Waals surface area contributed by atoms with Crippen molar-refractivity contribution in [1.82, 2.24) is 25.2 Å². The molecule has 0 aromatic carbocycles. The lowest BCUT2D eigenvalue weighted by atomic mass is 9.95. The zero-order valence-electron chi connectivity index (χ0n) is 17.2. The number of pyridine rings is 1. The maximum atomic E-state index is 12.8. The Kier molecular flexibility index (Phi) is 3.92. The summed E-state index contributed by atoms with van der Waals surface area (Å²) >= 11 is 0. The van der Waals surface area contributed by atoms with Crippen LogP contribution < -0.4 is 4.74 Å². The van der Waals surface area contributed by atoms with Crippen molar-refractivity contribution in [2.45, 2.75) is 38.5 Å². The number of amides is 1. The first-order valence-electron chi connectivity index (χ1n) is 10.3. The summed E-state index contributed by atoms with van der Waals surface area (Å²) in [4.78, 5) is 19.0.